The number of carbonyl (C=O) groups is 1. The molecule has 174 valence electrons. The third-order valence-corrected chi connectivity index (χ3v) is 5.97. The zero-order valence-corrected chi connectivity index (χ0v) is 20.4. The van der Waals surface area contributed by atoms with Crippen LogP contribution in [-0.2, 0) is 4.74 Å². The smallest absolute Gasteiger partial charge is 0.338 e. The molecule has 3 aromatic carbocycles. The van der Waals surface area contributed by atoms with Crippen LogP contribution in [0.4, 0.5) is 5.82 Å². The molecule has 6 nitrogen and oxygen atoms in total. The third-order valence-electron chi connectivity index (χ3n) is 5.97. The molecule has 0 saturated carbocycles. The molecule has 6 heteroatoms. The van der Waals surface area contributed by atoms with Gasteiger partial charge in [-0.05, 0) is 56.5 Å². The van der Waals surface area contributed by atoms with E-state index in [9.17, 15) is 4.79 Å². The standard InChI is InChI=1S/C28H29N3O3/c1-16-8-7-9-20(12-16)18(3)29-27-24-14-23(26(33-5)15-25(24)30-19(4)31-27)21-10-11-22(17(2)13-21)28(32)34-6/h7-15,18H,1-6H3,(H,29,30,31)/t18-/m1/s1. The van der Waals surface area contributed by atoms with Crippen LogP contribution in [0.1, 0.15) is 45.8 Å². The molecule has 0 aliphatic heterocycles. The minimum atomic E-state index is -0.352. The van der Waals surface area contributed by atoms with E-state index >= 15 is 0 Å². The maximum atomic E-state index is 12.0. The summed E-state index contributed by atoms with van der Waals surface area (Å²) >= 11 is 0. The Balaban J connectivity index is 1.82. The van der Waals surface area contributed by atoms with Crippen molar-refractivity contribution in [2.24, 2.45) is 0 Å². The highest BCUT2D eigenvalue weighted by molar-refractivity contribution is 5.96. The zero-order valence-electron chi connectivity index (χ0n) is 20.4. The number of rotatable bonds is 6. The first-order valence-electron chi connectivity index (χ1n) is 11.2. The first-order valence-corrected chi connectivity index (χ1v) is 11.2. The molecule has 0 spiro atoms. The molecule has 1 N–H and O–H groups in total. The number of nitrogens with one attached hydrogen (secondary N) is 1. The van der Waals surface area contributed by atoms with Gasteiger partial charge in [0.25, 0.3) is 0 Å². The number of fused-ring (bicyclic) bond motifs is 1. The molecule has 1 aromatic heterocycles. The van der Waals surface area contributed by atoms with Gasteiger partial charge in [-0.1, -0.05) is 42.0 Å². The summed E-state index contributed by atoms with van der Waals surface area (Å²) in [5.41, 5.74) is 6.41. The fourth-order valence-corrected chi connectivity index (χ4v) is 4.18. The Labute approximate surface area is 200 Å². The average Bonchev–Trinajstić information content (AvgIpc) is 2.82. The summed E-state index contributed by atoms with van der Waals surface area (Å²) in [6, 6.07) is 18.1. The van der Waals surface area contributed by atoms with Crippen molar-refractivity contribution in [1.82, 2.24) is 9.97 Å². The van der Waals surface area contributed by atoms with Crippen molar-refractivity contribution >= 4 is 22.7 Å². The van der Waals surface area contributed by atoms with Gasteiger partial charge >= 0.3 is 5.97 Å². The number of aromatic nitrogens is 2. The number of esters is 1. The van der Waals surface area contributed by atoms with Gasteiger partial charge in [-0.25, -0.2) is 14.8 Å². The lowest BCUT2D eigenvalue weighted by Gasteiger charge is -2.19. The van der Waals surface area contributed by atoms with Gasteiger partial charge in [0.2, 0.25) is 0 Å². The molecule has 1 heterocycles. The van der Waals surface area contributed by atoms with Gasteiger partial charge in [0.15, 0.2) is 0 Å². The molecule has 0 unspecified atom stereocenters. The number of ether oxygens (including phenoxy) is 2. The van der Waals surface area contributed by atoms with Crippen molar-refractivity contribution in [2.75, 3.05) is 19.5 Å². The summed E-state index contributed by atoms with van der Waals surface area (Å²) in [5.74, 6) is 1.80. The highest BCUT2D eigenvalue weighted by atomic mass is 16.5. The molecule has 34 heavy (non-hydrogen) atoms. The largest absolute Gasteiger partial charge is 0.496 e. The minimum Gasteiger partial charge on any atom is -0.496 e. The number of hydrogen-bond acceptors (Lipinski definition) is 6. The number of benzene rings is 3. The van der Waals surface area contributed by atoms with Crippen LogP contribution >= 0.6 is 0 Å². The molecule has 0 saturated heterocycles. The van der Waals surface area contributed by atoms with Crippen molar-refractivity contribution in [3.05, 3.63) is 82.7 Å². The van der Waals surface area contributed by atoms with E-state index < -0.39 is 0 Å². The molecule has 0 radical (unpaired) electrons. The Hall–Kier alpha value is -3.93. The molecule has 0 fully saturated rings. The summed E-state index contributed by atoms with van der Waals surface area (Å²) in [4.78, 5) is 21.4. The van der Waals surface area contributed by atoms with Crippen LogP contribution in [0, 0.1) is 20.8 Å². The van der Waals surface area contributed by atoms with E-state index in [2.05, 4.69) is 48.4 Å². The van der Waals surface area contributed by atoms with Crippen LogP contribution < -0.4 is 10.1 Å². The van der Waals surface area contributed by atoms with Crippen molar-refractivity contribution in [1.29, 1.82) is 0 Å². The zero-order chi connectivity index (χ0) is 24.4. The van der Waals surface area contributed by atoms with Gasteiger partial charge in [0, 0.05) is 23.1 Å². The van der Waals surface area contributed by atoms with E-state index in [1.165, 1.54) is 18.2 Å². The SMILES string of the molecule is COC(=O)c1ccc(-c2cc3c(N[C@H](C)c4cccc(C)c4)nc(C)nc3cc2OC)cc1C. The van der Waals surface area contributed by atoms with Gasteiger partial charge in [0.1, 0.15) is 17.4 Å². The molecule has 0 amide bonds. The van der Waals surface area contributed by atoms with E-state index in [-0.39, 0.29) is 12.0 Å². The van der Waals surface area contributed by atoms with Crippen LogP contribution in [0.25, 0.3) is 22.0 Å². The Morgan fingerprint density at radius 2 is 1.76 bits per heavy atom. The maximum Gasteiger partial charge on any atom is 0.338 e. The van der Waals surface area contributed by atoms with Gasteiger partial charge in [0.05, 0.1) is 25.3 Å². The van der Waals surface area contributed by atoms with Gasteiger partial charge in [-0.15, -0.1) is 0 Å². The molecule has 0 aliphatic carbocycles. The molecular weight excluding hydrogens is 426 g/mol. The van der Waals surface area contributed by atoms with E-state index in [0.29, 0.717) is 17.1 Å². The van der Waals surface area contributed by atoms with Gasteiger partial charge < -0.3 is 14.8 Å². The van der Waals surface area contributed by atoms with E-state index in [1.807, 2.05) is 38.1 Å². The molecule has 0 bridgehead atoms. The van der Waals surface area contributed by atoms with Gasteiger partial charge in [-0.3, -0.25) is 0 Å². The predicted octanol–water partition coefficient (Wildman–Crippen LogP) is 6.19. The Bertz CT molecular complexity index is 1380. The Morgan fingerprint density at radius 1 is 0.971 bits per heavy atom. The molecular formula is C28H29N3O3. The molecule has 0 aliphatic rings. The van der Waals surface area contributed by atoms with Crippen LogP contribution in [-0.4, -0.2) is 30.2 Å². The van der Waals surface area contributed by atoms with Crippen molar-refractivity contribution in [3.8, 4) is 16.9 Å². The topological polar surface area (TPSA) is 73.3 Å². The number of aryl methyl sites for hydroxylation is 3. The number of carbonyl (C=O) groups excluding carboxylic acids is 1. The van der Waals surface area contributed by atoms with E-state index in [0.717, 1.165) is 33.4 Å². The van der Waals surface area contributed by atoms with Crippen molar-refractivity contribution < 1.29 is 14.3 Å². The van der Waals surface area contributed by atoms with E-state index in [1.54, 1.807) is 13.2 Å². The molecule has 4 rings (SSSR count). The second-order valence-electron chi connectivity index (χ2n) is 8.49. The highest BCUT2D eigenvalue weighted by Crippen LogP contribution is 2.37. The molecule has 1 atom stereocenters. The number of nitrogens with zero attached hydrogens (tertiary/aromatic N) is 2. The summed E-state index contributed by atoms with van der Waals surface area (Å²) < 4.78 is 10.6. The van der Waals surface area contributed by atoms with Crippen LogP contribution in [0.3, 0.4) is 0 Å². The summed E-state index contributed by atoms with van der Waals surface area (Å²) in [5, 5.41) is 4.47. The fraction of sp³-hybridized carbons (Fsp3) is 0.250. The summed E-state index contributed by atoms with van der Waals surface area (Å²) in [6.07, 6.45) is 0. The quantitative estimate of drug-likeness (QED) is 0.350. The lowest BCUT2D eigenvalue weighted by atomic mass is 9.97. The van der Waals surface area contributed by atoms with E-state index in [4.69, 9.17) is 14.5 Å². The average molecular weight is 456 g/mol. The van der Waals surface area contributed by atoms with Crippen molar-refractivity contribution in [2.45, 2.75) is 33.7 Å². The third kappa shape index (κ3) is 4.57. The lowest BCUT2D eigenvalue weighted by molar-refractivity contribution is 0.0600. The van der Waals surface area contributed by atoms with Crippen LogP contribution in [0.5, 0.6) is 5.75 Å². The highest BCUT2D eigenvalue weighted by Gasteiger charge is 2.17. The Morgan fingerprint density at radius 3 is 2.44 bits per heavy atom. The van der Waals surface area contributed by atoms with Crippen molar-refractivity contribution in [3.63, 3.8) is 0 Å². The van der Waals surface area contributed by atoms with Crippen LogP contribution in [0.2, 0.25) is 0 Å². The van der Waals surface area contributed by atoms with Gasteiger partial charge in [-0.2, -0.15) is 0 Å². The maximum absolute atomic E-state index is 12.0. The first-order chi connectivity index (χ1) is 16.3. The fourth-order valence-electron chi connectivity index (χ4n) is 4.18. The Kier molecular flexibility index (Phi) is 6.50. The number of hydrogen-bond donors (Lipinski definition) is 1. The predicted molar refractivity (Wildman–Crippen MR) is 136 cm³/mol. The van der Waals surface area contributed by atoms with Crippen LogP contribution in [0.15, 0.2) is 54.6 Å². The summed E-state index contributed by atoms with van der Waals surface area (Å²) in [7, 11) is 3.03. The normalized spacial score (nSPS) is 11.8. The lowest BCUT2D eigenvalue weighted by Crippen LogP contribution is -2.10. The second-order valence-corrected chi connectivity index (χ2v) is 8.49. The number of anilines is 1. The minimum absolute atomic E-state index is 0.0598. The number of methoxy groups -OCH3 is 2. The summed E-state index contributed by atoms with van der Waals surface area (Å²) in [6.45, 7) is 7.99. The molecule has 4 aromatic rings. The first kappa shape index (κ1) is 23.2. The monoisotopic (exact) mass is 455 g/mol. The second kappa shape index (κ2) is 9.51.